The van der Waals surface area contributed by atoms with Crippen LogP contribution >= 0.6 is 0 Å². The van der Waals surface area contributed by atoms with Crippen LogP contribution in [0.1, 0.15) is 48.0 Å². The van der Waals surface area contributed by atoms with Crippen LogP contribution in [0.5, 0.6) is 5.75 Å². The molecule has 3 aliphatic rings. The zero-order chi connectivity index (χ0) is 21.0. The lowest BCUT2D eigenvalue weighted by atomic mass is 9.89. The Morgan fingerprint density at radius 3 is 2.65 bits per heavy atom. The Morgan fingerprint density at radius 2 is 1.90 bits per heavy atom. The molecule has 0 unspecified atom stereocenters. The van der Waals surface area contributed by atoms with E-state index in [1.54, 1.807) is 6.20 Å². The molecular formula is C25H26N2O4. The van der Waals surface area contributed by atoms with E-state index in [9.17, 15) is 9.90 Å². The Hall–Kier alpha value is -2.83. The topological polar surface area (TPSA) is 63.9 Å². The van der Waals surface area contributed by atoms with E-state index in [0.717, 1.165) is 59.9 Å². The molecule has 2 aliphatic heterocycles. The number of nitrogens with zero attached hydrogens (tertiary/aromatic N) is 2. The Balaban J connectivity index is 1.27. The second-order valence-corrected chi connectivity index (χ2v) is 8.95. The SMILES string of the molecule is O=C(O)c1cn(-c2ccc3c(c2)COC2(CCN(C4CCC4)CC2)O3)c2ccccc12. The fraction of sp³-hybridized carbons (Fsp3) is 0.400. The Kier molecular flexibility index (Phi) is 4.33. The summed E-state index contributed by atoms with van der Waals surface area (Å²) >= 11 is 0. The van der Waals surface area contributed by atoms with Crippen LogP contribution in [0.2, 0.25) is 0 Å². The monoisotopic (exact) mass is 418 g/mol. The van der Waals surface area contributed by atoms with Crippen molar-refractivity contribution in [2.45, 2.75) is 50.5 Å². The lowest BCUT2D eigenvalue weighted by Gasteiger charge is -2.47. The van der Waals surface area contributed by atoms with Gasteiger partial charge in [0.25, 0.3) is 0 Å². The third kappa shape index (κ3) is 3.13. The van der Waals surface area contributed by atoms with E-state index in [1.165, 1.54) is 19.3 Å². The molecule has 160 valence electrons. The number of carbonyl (C=O) groups is 1. The van der Waals surface area contributed by atoms with Gasteiger partial charge in [0, 0.05) is 54.8 Å². The van der Waals surface area contributed by atoms with E-state index < -0.39 is 11.8 Å². The number of likely N-dealkylation sites (tertiary alicyclic amines) is 1. The Labute approximate surface area is 181 Å². The maximum Gasteiger partial charge on any atom is 0.337 e. The average molecular weight is 418 g/mol. The van der Waals surface area contributed by atoms with E-state index in [2.05, 4.69) is 4.90 Å². The summed E-state index contributed by atoms with van der Waals surface area (Å²) in [5, 5.41) is 10.3. The Morgan fingerprint density at radius 1 is 1.10 bits per heavy atom. The number of piperidine rings is 1. The predicted octanol–water partition coefficient (Wildman–Crippen LogP) is 4.58. The van der Waals surface area contributed by atoms with Gasteiger partial charge < -0.3 is 19.1 Å². The first-order valence-corrected chi connectivity index (χ1v) is 11.2. The van der Waals surface area contributed by atoms with E-state index in [-0.39, 0.29) is 0 Å². The first-order chi connectivity index (χ1) is 15.1. The molecule has 0 bridgehead atoms. The minimum absolute atomic E-state index is 0.304. The fourth-order valence-electron chi connectivity index (χ4n) is 5.16. The highest BCUT2D eigenvalue weighted by molar-refractivity contribution is 6.04. The van der Waals surface area contributed by atoms with Crippen LogP contribution in [0.15, 0.2) is 48.7 Å². The van der Waals surface area contributed by atoms with Gasteiger partial charge in [-0.3, -0.25) is 4.90 Å². The molecule has 0 amide bonds. The van der Waals surface area contributed by atoms with Gasteiger partial charge >= 0.3 is 5.97 Å². The maximum absolute atomic E-state index is 11.7. The van der Waals surface area contributed by atoms with Crippen molar-refractivity contribution in [2.75, 3.05) is 13.1 Å². The molecule has 3 heterocycles. The first-order valence-electron chi connectivity index (χ1n) is 11.2. The largest absolute Gasteiger partial charge is 0.478 e. The molecule has 1 N–H and O–H groups in total. The average Bonchev–Trinajstić information content (AvgIpc) is 3.14. The van der Waals surface area contributed by atoms with Crippen molar-refractivity contribution in [3.05, 3.63) is 59.8 Å². The number of ether oxygens (including phenoxy) is 2. The number of benzene rings is 2. The minimum atomic E-state index is -0.922. The number of aromatic carboxylic acids is 1. The van der Waals surface area contributed by atoms with Crippen LogP contribution in [0.3, 0.4) is 0 Å². The molecule has 2 fully saturated rings. The van der Waals surface area contributed by atoms with E-state index in [0.29, 0.717) is 12.2 Å². The fourth-order valence-corrected chi connectivity index (χ4v) is 5.16. The Bertz CT molecular complexity index is 1160. The molecule has 0 atom stereocenters. The summed E-state index contributed by atoms with van der Waals surface area (Å²) in [4.78, 5) is 14.3. The van der Waals surface area contributed by atoms with Gasteiger partial charge in [0.05, 0.1) is 17.7 Å². The van der Waals surface area contributed by atoms with E-state index in [4.69, 9.17) is 9.47 Å². The third-order valence-corrected chi connectivity index (χ3v) is 7.20. The van der Waals surface area contributed by atoms with Gasteiger partial charge in [0.15, 0.2) is 0 Å². The van der Waals surface area contributed by atoms with Crippen molar-refractivity contribution in [3.63, 3.8) is 0 Å². The van der Waals surface area contributed by atoms with Crippen LogP contribution in [0.25, 0.3) is 16.6 Å². The second-order valence-electron chi connectivity index (χ2n) is 8.95. The first kappa shape index (κ1) is 18.9. The molecule has 6 heteroatoms. The third-order valence-electron chi connectivity index (χ3n) is 7.20. The molecule has 0 radical (unpaired) electrons. The van der Waals surface area contributed by atoms with Gasteiger partial charge in [-0.1, -0.05) is 24.6 Å². The van der Waals surface area contributed by atoms with Crippen LogP contribution in [0, 0.1) is 0 Å². The van der Waals surface area contributed by atoms with Gasteiger partial charge in [-0.15, -0.1) is 0 Å². The highest BCUT2D eigenvalue weighted by atomic mass is 16.7. The number of para-hydroxylation sites is 1. The smallest absolute Gasteiger partial charge is 0.337 e. The maximum atomic E-state index is 11.7. The molecule has 1 saturated heterocycles. The number of hydrogen-bond donors (Lipinski definition) is 1. The van der Waals surface area contributed by atoms with Crippen molar-refractivity contribution >= 4 is 16.9 Å². The quantitative estimate of drug-likeness (QED) is 0.674. The van der Waals surface area contributed by atoms with Crippen molar-refractivity contribution < 1.29 is 19.4 Å². The molecule has 1 aromatic heterocycles. The molecular weight excluding hydrogens is 392 g/mol. The zero-order valence-electron chi connectivity index (χ0n) is 17.4. The van der Waals surface area contributed by atoms with Gasteiger partial charge in [-0.2, -0.15) is 0 Å². The van der Waals surface area contributed by atoms with Gasteiger partial charge in [-0.25, -0.2) is 4.79 Å². The molecule has 31 heavy (non-hydrogen) atoms. The second kappa shape index (κ2) is 7.11. The van der Waals surface area contributed by atoms with E-state index in [1.807, 2.05) is 47.0 Å². The summed E-state index contributed by atoms with van der Waals surface area (Å²) in [5.74, 6) is -0.553. The summed E-state index contributed by atoms with van der Waals surface area (Å²) in [6.07, 6.45) is 7.51. The predicted molar refractivity (Wildman–Crippen MR) is 117 cm³/mol. The summed E-state index contributed by atoms with van der Waals surface area (Å²) in [5.41, 5.74) is 3.08. The molecule has 6 rings (SSSR count). The standard InChI is InChI=1S/C25H26N2O4/c28-24(29)21-15-27(22-7-2-1-6-20(21)22)19-8-9-23-17(14-19)16-30-25(31-23)10-12-26(13-11-25)18-4-3-5-18/h1-2,6-9,14-15,18H,3-5,10-13,16H2,(H,28,29). The minimum Gasteiger partial charge on any atom is -0.478 e. The molecule has 6 nitrogen and oxygen atoms in total. The van der Waals surface area contributed by atoms with Crippen molar-refractivity contribution in [2.24, 2.45) is 0 Å². The number of aromatic nitrogens is 1. The number of carboxylic acid groups (broad SMARTS) is 1. The number of carboxylic acids is 1. The van der Waals surface area contributed by atoms with Crippen LogP contribution in [0.4, 0.5) is 0 Å². The van der Waals surface area contributed by atoms with Crippen LogP contribution in [-0.4, -0.2) is 45.5 Å². The number of rotatable bonds is 3. The molecule has 2 aromatic carbocycles. The summed E-state index contributed by atoms with van der Waals surface area (Å²) in [6.45, 7) is 2.58. The van der Waals surface area contributed by atoms with E-state index >= 15 is 0 Å². The number of fused-ring (bicyclic) bond motifs is 2. The molecule has 1 aliphatic carbocycles. The lowest BCUT2D eigenvalue weighted by Crippen LogP contribution is -2.54. The normalized spacial score (nSPS) is 20.9. The molecule has 3 aromatic rings. The highest BCUT2D eigenvalue weighted by Crippen LogP contribution is 2.40. The lowest BCUT2D eigenvalue weighted by molar-refractivity contribution is -0.231. The molecule has 1 saturated carbocycles. The summed E-state index contributed by atoms with van der Waals surface area (Å²) in [7, 11) is 0. The van der Waals surface area contributed by atoms with Crippen LogP contribution in [-0.2, 0) is 11.3 Å². The van der Waals surface area contributed by atoms with Crippen molar-refractivity contribution in [3.8, 4) is 11.4 Å². The van der Waals surface area contributed by atoms with Crippen molar-refractivity contribution in [1.29, 1.82) is 0 Å². The van der Waals surface area contributed by atoms with Crippen molar-refractivity contribution in [1.82, 2.24) is 9.47 Å². The summed E-state index contributed by atoms with van der Waals surface area (Å²) in [6, 6.07) is 14.4. The summed E-state index contributed by atoms with van der Waals surface area (Å²) < 4.78 is 14.6. The van der Waals surface area contributed by atoms with Gasteiger partial charge in [0.1, 0.15) is 5.75 Å². The van der Waals surface area contributed by atoms with Crippen LogP contribution < -0.4 is 4.74 Å². The van der Waals surface area contributed by atoms with Gasteiger partial charge in [-0.05, 0) is 37.1 Å². The highest BCUT2D eigenvalue weighted by Gasteiger charge is 2.42. The molecule has 1 spiro atoms. The number of hydrogen-bond acceptors (Lipinski definition) is 4. The van der Waals surface area contributed by atoms with Gasteiger partial charge in [0.2, 0.25) is 5.79 Å². The zero-order valence-corrected chi connectivity index (χ0v) is 17.4.